The van der Waals surface area contributed by atoms with Gasteiger partial charge in [-0.15, -0.1) is 0 Å². The van der Waals surface area contributed by atoms with Crippen LogP contribution < -0.4 is 15.6 Å². The molecule has 1 aliphatic rings. The second-order valence-electron chi connectivity index (χ2n) is 6.43. The molecule has 2 aromatic carbocycles. The third kappa shape index (κ3) is 3.33. The minimum atomic E-state index is -0.657. The zero-order valence-electron chi connectivity index (χ0n) is 14.9. The van der Waals surface area contributed by atoms with Crippen molar-refractivity contribution < 1.29 is 9.53 Å². The minimum Gasteiger partial charge on any atom is -0.497 e. The van der Waals surface area contributed by atoms with E-state index in [4.69, 9.17) is 4.74 Å². The first kappa shape index (κ1) is 17.0. The van der Waals surface area contributed by atoms with Crippen LogP contribution in [0.25, 0.3) is 11.3 Å². The number of methoxy groups -OCH3 is 1. The number of hydrogen-bond acceptors (Lipinski definition) is 4. The highest BCUT2D eigenvalue weighted by Crippen LogP contribution is 2.27. The zero-order chi connectivity index (χ0) is 18.8. The molecule has 3 aromatic rings. The van der Waals surface area contributed by atoms with Crippen molar-refractivity contribution in [2.24, 2.45) is 0 Å². The van der Waals surface area contributed by atoms with Gasteiger partial charge in [0.25, 0.3) is 5.56 Å². The number of aryl methyl sites for hydroxylation is 1. The van der Waals surface area contributed by atoms with Crippen LogP contribution >= 0.6 is 0 Å². The Kier molecular flexibility index (Phi) is 4.46. The molecule has 0 spiro atoms. The molecule has 1 amide bonds. The van der Waals surface area contributed by atoms with Crippen molar-refractivity contribution in [2.75, 3.05) is 12.4 Å². The molecule has 1 aromatic heterocycles. The molecule has 6 nitrogen and oxygen atoms in total. The first-order valence-corrected chi connectivity index (χ1v) is 8.79. The van der Waals surface area contributed by atoms with Crippen molar-refractivity contribution in [1.29, 1.82) is 0 Å². The fraction of sp³-hybridized carbons (Fsp3) is 0.190. The van der Waals surface area contributed by atoms with E-state index in [9.17, 15) is 9.59 Å². The molecule has 1 N–H and O–H groups in total. The Morgan fingerprint density at radius 2 is 1.93 bits per heavy atom. The van der Waals surface area contributed by atoms with Gasteiger partial charge in [-0.25, -0.2) is 4.68 Å². The summed E-state index contributed by atoms with van der Waals surface area (Å²) in [5.74, 6) is 0.479. The standard InChI is InChI=1S/C21H19N3O3/c1-27-16-7-4-6-15(13-16)18-10-12-20(25)24(23-18)19-11-9-14-5-2-3-8-17(14)22-21(19)26/h2-8,10,12-13,19H,9,11H2,1H3,(H,22,26)/t19-/m0/s1. The van der Waals surface area contributed by atoms with E-state index in [0.29, 0.717) is 24.3 Å². The number of aromatic nitrogens is 2. The summed E-state index contributed by atoms with van der Waals surface area (Å²) in [6.07, 6.45) is 1.20. The molecule has 0 unspecified atom stereocenters. The Morgan fingerprint density at radius 3 is 2.78 bits per heavy atom. The van der Waals surface area contributed by atoms with E-state index in [1.54, 1.807) is 13.2 Å². The molecule has 1 atom stereocenters. The maximum absolute atomic E-state index is 12.7. The fourth-order valence-electron chi connectivity index (χ4n) is 3.32. The van der Waals surface area contributed by atoms with Crippen LogP contribution in [0.5, 0.6) is 5.75 Å². The Hall–Kier alpha value is -3.41. The first-order valence-electron chi connectivity index (χ1n) is 8.79. The molecule has 0 aliphatic carbocycles. The predicted molar refractivity (Wildman–Crippen MR) is 103 cm³/mol. The Labute approximate surface area is 156 Å². The van der Waals surface area contributed by atoms with Gasteiger partial charge >= 0.3 is 0 Å². The first-order chi connectivity index (χ1) is 13.2. The van der Waals surface area contributed by atoms with Gasteiger partial charge in [0.1, 0.15) is 11.8 Å². The third-order valence-corrected chi connectivity index (χ3v) is 4.75. The van der Waals surface area contributed by atoms with E-state index < -0.39 is 6.04 Å². The number of benzene rings is 2. The van der Waals surface area contributed by atoms with Crippen molar-refractivity contribution in [3.05, 3.63) is 76.6 Å². The molecule has 0 fully saturated rings. The van der Waals surface area contributed by atoms with Gasteiger partial charge in [0.2, 0.25) is 5.91 Å². The van der Waals surface area contributed by atoms with E-state index in [1.807, 2.05) is 48.5 Å². The summed E-state index contributed by atoms with van der Waals surface area (Å²) >= 11 is 0. The molecular weight excluding hydrogens is 342 g/mol. The van der Waals surface area contributed by atoms with Crippen LogP contribution in [0.4, 0.5) is 5.69 Å². The highest BCUT2D eigenvalue weighted by Gasteiger charge is 2.27. The summed E-state index contributed by atoms with van der Waals surface area (Å²) in [4.78, 5) is 25.2. The summed E-state index contributed by atoms with van der Waals surface area (Å²) in [5.41, 5.74) is 2.99. The lowest BCUT2D eigenvalue weighted by molar-refractivity contribution is -0.119. The van der Waals surface area contributed by atoms with Crippen molar-refractivity contribution in [3.8, 4) is 17.0 Å². The van der Waals surface area contributed by atoms with Gasteiger partial charge in [0.05, 0.1) is 12.8 Å². The number of para-hydroxylation sites is 1. The largest absolute Gasteiger partial charge is 0.497 e. The van der Waals surface area contributed by atoms with Gasteiger partial charge in [0.15, 0.2) is 0 Å². The number of anilines is 1. The van der Waals surface area contributed by atoms with E-state index in [0.717, 1.165) is 16.8 Å². The van der Waals surface area contributed by atoms with Gasteiger partial charge in [-0.05, 0) is 42.7 Å². The Balaban J connectivity index is 1.71. The minimum absolute atomic E-state index is 0.225. The molecule has 0 saturated carbocycles. The van der Waals surface area contributed by atoms with Crippen molar-refractivity contribution >= 4 is 11.6 Å². The average Bonchev–Trinajstić information content (AvgIpc) is 2.86. The van der Waals surface area contributed by atoms with Crippen LogP contribution in [0, 0.1) is 0 Å². The van der Waals surface area contributed by atoms with E-state index in [-0.39, 0.29) is 11.5 Å². The molecule has 6 heteroatoms. The normalized spacial score (nSPS) is 16.2. The number of hydrogen-bond donors (Lipinski definition) is 1. The molecule has 2 heterocycles. The monoisotopic (exact) mass is 361 g/mol. The van der Waals surface area contributed by atoms with Crippen LogP contribution in [0.15, 0.2) is 65.5 Å². The summed E-state index contributed by atoms with van der Waals surface area (Å²) in [7, 11) is 1.60. The Bertz CT molecular complexity index is 1060. The lowest BCUT2D eigenvalue weighted by Crippen LogP contribution is -2.34. The number of nitrogens with zero attached hydrogens (tertiary/aromatic N) is 2. The third-order valence-electron chi connectivity index (χ3n) is 4.75. The SMILES string of the molecule is COc1cccc(-c2ccc(=O)n([C@H]3CCc4ccccc4NC3=O)n2)c1. The molecule has 1 aliphatic heterocycles. The summed E-state index contributed by atoms with van der Waals surface area (Å²) in [6.45, 7) is 0. The number of carbonyl (C=O) groups is 1. The maximum Gasteiger partial charge on any atom is 0.267 e. The van der Waals surface area contributed by atoms with Crippen LogP contribution in [-0.2, 0) is 11.2 Å². The second kappa shape index (κ2) is 7.07. The van der Waals surface area contributed by atoms with E-state index in [1.165, 1.54) is 10.7 Å². The number of carbonyl (C=O) groups excluding carboxylic acids is 1. The highest BCUT2D eigenvalue weighted by molar-refractivity contribution is 5.95. The quantitative estimate of drug-likeness (QED) is 0.778. The van der Waals surface area contributed by atoms with Crippen LogP contribution in [0.2, 0.25) is 0 Å². The molecule has 0 radical (unpaired) electrons. The summed E-state index contributed by atoms with van der Waals surface area (Å²) < 4.78 is 6.54. The molecule has 4 rings (SSSR count). The van der Waals surface area contributed by atoms with E-state index in [2.05, 4.69) is 10.4 Å². The van der Waals surface area contributed by atoms with Crippen LogP contribution in [0.1, 0.15) is 18.0 Å². The second-order valence-corrected chi connectivity index (χ2v) is 6.43. The number of ether oxygens (including phenoxy) is 1. The molecule has 27 heavy (non-hydrogen) atoms. The van der Waals surface area contributed by atoms with Gasteiger partial charge in [-0.3, -0.25) is 9.59 Å². The van der Waals surface area contributed by atoms with Crippen molar-refractivity contribution in [1.82, 2.24) is 9.78 Å². The molecule has 0 saturated heterocycles. The lowest BCUT2D eigenvalue weighted by atomic mass is 10.1. The number of fused-ring (bicyclic) bond motifs is 1. The molecule has 0 bridgehead atoms. The van der Waals surface area contributed by atoms with Gasteiger partial charge in [-0.2, -0.15) is 5.10 Å². The topological polar surface area (TPSA) is 73.2 Å². The lowest BCUT2D eigenvalue weighted by Gasteiger charge is -2.16. The summed E-state index contributed by atoms with van der Waals surface area (Å²) in [6, 6.07) is 17.6. The highest BCUT2D eigenvalue weighted by atomic mass is 16.5. The Morgan fingerprint density at radius 1 is 1.07 bits per heavy atom. The number of nitrogens with one attached hydrogen (secondary N) is 1. The van der Waals surface area contributed by atoms with Crippen molar-refractivity contribution in [3.63, 3.8) is 0 Å². The smallest absolute Gasteiger partial charge is 0.267 e. The van der Waals surface area contributed by atoms with Gasteiger partial charge < -0.3 is 10.1 Å². The summed E-state index contributed by atoms with van der Waals surface area (Å²) in [5, 5.41) is 7.40. The van der Waals surface area contributed by atoms with Gasteiger partial charge in [-0.1, -0.05) is 30.3 Å². The van der Waals surface area contributed by atoms with E-state index >= 15 is 0 Å². The fourth-order valence-corrected chi connectivity index (χ4v) is 3.32. The predicted octanol–water partition coefficient (Wildman–Crippen LogP) is 3.04. The van der Waals surface area contributed by atoms with Crippen LogP contribution in [0.3, 0.4) is 0 Å². The van der Waals surface area contributed by atoms with Crippen LogP contribution in [-0.4, -0.2) is 22.8 Å². The van der Waals surface area contributed by atoms with Crippen molar-refractivity contribution in [2.45, 2.75) is 18.9 Å². The molecular formula is C21H19N3O3. The molecule has 136 valence electrons. The number of amides is 1. The maximum atomic E-state index is 12.7. The number of rotatable bonds is 3. The van der Waals surface area contributed by atoms with Gasteiger partial charge in [0, 0.05) is 17.3 Å². The zero-order valence-corrected chi connectivity index (χ0v) is 14.9. The average molecular weight is 361 g/mol.